The number of hydrogen-bond acceptors (Lipinski definition) is 5. The molecule has 0 N–H and O–H groups in total. The number of carbonyl (C=O) groups is 1. The van der Waals surface area contributed by atoms with Crippen molar-refractivity contribution in [2.24, 2.45) is 0 Å². The molecule has 13 heteroatoms. The van der Waals surface area contributed by atoms with Gasteiger partial charge < -0.3 is 9.64 Å². The number of benzene rings is 1. The lowest BCUT2D eigenvalue weighted by atomic mass is 10.1. The number of carbonyl (C=O) groups excluding carboxylic acids is 1. The smallest absolute Gasteiger partial charge is 0.378 e. The minimum Gasteiger partial charge on any atom is -0.378 e. The second-order valence-corrected chi connectivity index (χ2v) is 8.13. The van der Waals surface area contributed by atoms with Crippen LogP contribution in [-0.4, -0.2) is 57.9 Å². The fourth-order valence-corrected chi connectivity index (χ4v) is 4.18. The molecule has 1 saturated heterocycles. The van der Waals surface area contributed by atoms with E-state index in [9.17, 15) is 26.7 Å². The molecule has 1 fully saturated rings. The summed E-state index contributed by atoms with van der Waals surface area (Å²) in [6, 6.07) is 6.52. The van der Waals surface area contributed by atoms with E-state index in [-0.39, 0.29) is 38.6 Å². The summed E-state index contributed by atoms with van der Waals surface area (Å²) in [6.07, 6.45) is -3.33. The third-order valence-electron chi connectivity index (χ3n) is 4.70. The number of halogens is 6. The topological polar surface area (TPSA) is 59.7 Å². The van der Waals surface area contributed by atoms with Gasteiger partial charge in [0.05, 0.1) is 23.9 Å². The van der Waals surface area contributed by atoms with Crippen LogP contribution >= 0.6 is 22.9 Å². The molecule has 170 valence electrons. The van der Waals surface area contributed by atoms with Crippen LogP contribution in [0.2, 0.25) is 5.02 Å². The first-order chi connectivity index (χ1) is 15.1. The molecule has 1 aliphatic rings. The van der Waals surface area contributed by atoms with E-state index in [1.54, 1.807) is 24.3 Å². The normalized spacial score (nSPS) is 15.8. The van der Waals surface area contributed by atoms with E-state index in [1.807, 2.05) is 0 Å². The lowest BCUT2D eigenvalue weighted by Gasteiger charge is -2.25. The second kappa shape index (κ2) is 8.41. The number of rotatable bonds is 4. The van der Waals surface area contributed by atoms with E-state index in [4.69, 9.17) is 16.3 Å². The summed E-state index contributed by atoms with van der Waals surface area (Å²) >= 11 is 6.34. The lowest BCUT2D eigenvalue weighted by molar-refractivity contribution is -0.289. The highest BCUT2D eigenvalue weighted by Gasteiger charge is 2.61. The molecule has 6 nitrogen and oxygen atoms in total. The largest absolute Gasteiger partial charge is 0.460 e. The van der Waals surface area contributed by atoms with Crippen LogP contribution in [0.5, 0.6) is 0 Å². The summed E-state index contributed by atoms with van der Waals surface area (Å²) in [5.41, 5.74) is 0.659. The first-order valence-electron chi connectivity index (χ1n) is 9.24. The Labute approximate surface area is 186 Å². The van der Waals surface area contributed by atoms with Crippen molar-refractivity contribution in [1.29, 1.82) is 0 Å². The number of amides is 1. The molecule has 2 aromatic heterocycles. The zero-order valence-corrected chi connectivity index (χ0v) is 17.6. The molecule has 1 aromatic carbocycles. The van der Waals surface area contributed by atoms with Crippen LogP contribution in [0.3, 0.4) is 0 Å². The number of aromatic nitrogens is 3. The SMILES string of the molecule is O=C(/C=C/c1c(-c2ccccc2Cl)nc2sc(C(F)(F)C(F)(F)F)nn12)N1CCOCC1. The monoisotopic (exact) mass is 492 g/mol. The van der Waals surface area contributed by atoms with Gasteiger partial charge >= 0.3 is 12.1 Å². The highest BCUT2D eigenvalue weighted by atomic mass is 35.5. The molecule has 0 spiro atoms. The standard InChI is InChI=1S/C19H14ClF5N4O2S/c20-12-4-2-1-3-11(12)15-13(5-6-14(30)28-7-9-31-10-8-28)29-17(26-15)32-16(27-29)18(21,22)19(23,24)25/h1-6H,7-10H2/b6-5+. The lowest BCUT2D eigenvalue weighted by Crippen LogP contribution is -2.39. The van der Waals surface area contributed by atoms with Gasteiger partial charge in [0.2, 0.25) is 10.9 Å². The molecule has 0 radical (unpaired) electrons. The van der Waals surface area contributed by atoms with Gasteiger partial charge in [0, 0.05) is 24.7 Å². The highest BCUT2D eigenvalue weighted by molar-refractivity contribution is 7.16. The van der Waals surface area contributed by atoms with Crippen LogP contribution in [0.15, 0.2) is 30.3 Å². The maximum atomic E-state index is 13.8. The van der Waals surface area contributed by atoms with Crippen LogP contribution in [0.25, 0.3) is 22.3 Å². The van der Waals surface area contributed by atoms with Gasteiger partial charge in [-0.05, 0) is 12.1 Å². The first kappa shape index (κ1) is 22.6. The predicted octanol–water partition coefficient (Wildman–Crippen LogP) is 4.64. The van der Waals surface area contributed by atoms with Crippen LogP contribution in [0.4, 0.5) is 22.0 Å². The Kier molecular flexibility index (Phi) is 5.94. The summed E-state index contributed by atoms with van der Waals surface area (Å²) in [4.78, 5) is 18.0. The molecule has 1 amide bonds. The number of alkyl halides is 5. The minimum atomic E-state index is -5.81. The molecule has 32 heavy (non-hydrogen) atoms. The number of morpholine rings is 1. The van der Waals surface area contributed by atoms with Crippen LogP contribution in [-0.2, 0) is 15.5 Å². The Hall–Kier alpha value is -2.57. The minimum absolute atomic E-state index is 0.0511. The van der Waals surface area contributed by atoms with Gasteiger partial charge in [0.25, 0.3) is 0 Å². The van der Waals surface area contributed by atoms with Gasteiger partial charge in [-0.15, -0.1) is 0 Å². The van der Waals surface area contributed by atoms with Crippen molar-refractivity contribution in [1.82, 2.24) is 19.5 Å². The molecule has 0 unspecified atom stereocenters. The van der Waals surface area contributed by atoms with Crippen molar-refractivity contribution in [3.8, 4) is 11.3 Å². The number of hydrogen-bond donors (Lipinski definition) is 0. The van der Waals surface area contributed by atoms with Crippen molar-refractivity contribution >= 4 is 39.9 Å². The second-order valence-electron chi connectivity index (χ2n) is 6.77. The third kappa shape index (κ3) is 4.09. The van der Waals surface area contributed by atoms with Gasteiger partial charge in [-0.25, -0.2) is 9.50 Å². The fourth-order valence-electron chi connectivity index (χ4n) is 3.05. The van der Waals surface area contributed by atoms with E-state index >= 15 is 0 Å². The molecule has 0 bridgehead atoms. The van der Waals surface area contributed by atoms with Crippen LogP contribution in [0.1, 0.15) is 10.7 Å². The van der Waals surface area contributed by atoms with E-state index < -0.39 is 17.1 Å². The average Bonchev–Trinajstić information content (AvgIpc) is 3.31. The molecule has 0 aliphatic carbocycles. The molecular formula is C19H14ClF5N4O2S. The van der Waals surface area contributed by atoms with Gasteiger partial charge in [-0.1, -0.05) is 41.1 Å². The molecule has 1 aliphatic heterocycles. The summed E-state index contributed by atoms with van der Waals surface area (Å²) in [5.74, 6) is -5.52. The van der Waals surface area contributed by atoms with Crippen LogP contribution in [0, 0.1) is 0 Å². The summed E-state index contributed by atoms with van der Waals surface area (Å²) in [6.45, 7) is 1.51. The predicted molar refractivity (Wildman–Crippen MR) is 108 cm³/mol. The van der Waals surface area contributed by atoms with Crippen molar-refractivity contribution < 1.29 is 31.5 Å². The number of fused-ring (bicyclic) bond motifs is 1. The van der Waals surface area contributed by atoms with E-state index in [1.165, 1.54) is 17.1 Å². The quantitative estimate of drug-likeness (QED) is 0.393. The highest BCUT2D eigenvalue weighted by Crippen LogP contribution is 2.45. The molecule has 0 saturated carbocycles. The van der Waals surface area contributed by atoms with Gasteiger partial charge in [0.1, 0.15) is 5.69 Å². The molecular weight excluding hydrogens is 479 g/mol. The molecule has 4 rings (SSSR count). The summed E-state index contributed by atoms with van der Waals surface area (Å²) in [7, 11) is 0. The molecule has 0 atom stereocenters. The fraction of sp³-hybridized carbons (Fsp3) is 0.316. The van der Waals surface area contributed by atoms with Crippen molar-refractivity contribution in [3.63, 3.8) is 0 Å². The Morgan fingerprint density at radius 3 is 2.50 bits per heavy atom. The van der Waals surface area contributed by atoms with Gasteiger partial charge in [-0.2, -0.15) is 27.1 Å². The van der Waals surface area contributed by atoms with Gasteiger partial charge in [-0.3, -0.25) is 4.79 Å². The van der Waals surface area contributed by atoms with E-state index in [2.05, 4.69) is 10.1 Å². The number of ether oxygens (including phenoxy) is 1. The average molecular weight is 493 g/mol. The maximum absolute atomic E-state index is 13.8. The Morgan fingerprint density at radius 2 is 1.84 bits per heavy atom. The summed E-state index contributed by atoms with van der Waals surface area (Å²) in [5, 5.41) is 2.31. The van der Waals surface area contributed by atoms with E-state index in [0.29, 0.717) is 31.9 Å². The Bertz CT molecular complexity index is 1180. The zero-order valence-electron chi connectivity index (χ0n) is 16.1. The van der Waals surface area contributed by atoms with Crippen molar-refractivity contribution in [3.05, 3.63) is 46.1 Å². The molecule has 3 heterocycles. The van der Waals surface area contributed by atoms with E-state index in [0.717, 1.165) is 4.52 Å². The third-order valence-corrected chi connectivity index (χ3v) is 6.01. The zero-order chi connectivity index (χ0) is 23.1. The van der Waals surface area contributed by atoms with Crippen LogP contribution < -0.4 is 0 Å². The Balaban J connectivity index is 1.81. The Morgan fingerprint density at radius 1 is 1.16 bits per heavy atom. The molecule has 3 aromatic rings. The van der Waals surface area contributed by atoms with Crippen molar-refractivity contribution in [2.75, 3.05) is 26.3 Å². The number of imidazole rings is 1. The maximum Gasteiger partial charge on any atom is 0.460 e. The van der Waals surface area contributed by atoms with Crippen molar-refractivity contribution in [2.45, 2.75) is 12.1 Å². The van der Waals surface area contributed by atoms with Gasteiger partial charge in [0.15, 0.2) is 5.01 Å². The summed E-state index contributed by atoms with van der Waals surface area (Å²) < 4.78 is 72.1. The number of nitrogens with zero attached hydrogens (tertiary/aromatic N) is 4. The first-order valence-corrected chi connectivity index (χ1v) is 10.4.